The predicted octanol–water partition coefficient (Wildman–Crippen LogP) is 7.96. The molecule has 0 aliphatic carbocycles. The third-order valence-electron chi connectivity index (χ3n) is 5.31. The van der Waals surface area contributed by atoms with Crippen LogP contribution in [0, 0.1) is 0 Å². The highest BCUT2D eigenvalue weighted by Crippen LogP contribution is 2.24. The molecule has 5 aromatic carbocycles. The molecule has 0 aliphatic rings. The highest BCUT2D eigenvalue weighted by atomic mass is 16.5. The first-order valence-corrected chi connectivity index (χ1v) is 10.9. The van der Waals surface area contributed by atoms with E-state index in [1.54, 1.807) is 0 Å². The summed E-state index contributed by atoms with van der Waals surface area (Å²) in [6.07, 6.45) is 1.85. The summed E-state index contributed by atoms with van der Waals surface area (Å²) >= 11 is 0. The lowest BCUT2D eigenvalue weighted by Gasteiger charge is -2.09. The smallest absolute Gasteiger partial charge is 0.127 e. The number of hydrogen-bond donors (Lipinski definition) is 0. The maximum atomic E-state index is 6.09. The van der Waals surface area contributed by atoms with Gasteiger partial charge in [-0.1, -0.05) is 72.8 Å². The standard InChI is InChI=1S/C30H23NO2/c1-2-12-27(13-3-1)33-28-18-16-26(17-19-28)31-21-23-8-6-14-29(20-23)32-22-25-11-7-10-24-9-4-5-15-30(24)25/h1-21H,22H2. The van der Waals surface area contributed by atoms with Gasteiger partial charge in [-0.05, 0) is 70.4 Å². The van der Waals surface area contributed by atoms with Crippen molar-refractivity contribution in [2.75, 3.05) is 0 Å². The molecule has 3 heteroatoms. The number of para-hydroxylation sites is 1. The highest BCUT2D eigenvalue weighted by Gasteiger charge is 2.02. The van der Waals surface area contributed by atoms with Crippen molar-refractivity contribution in [3.05, 3.63) is 132 Å². The SMILES string of the molecule is C(=Nc1ccc(Oc2ccccc2)cc1)c1cccc(OCc2cccc3ccccc23)c1. The molecular weight excluding hydrogens is 406 g/mol. The monoisotopic (exact) mass is 429 g/mol. The molecule has 0 bridgehead atoms. The molecule has 5 aromatic rings. The van der Waals surface area contributed by atoms with Crippen LogP contribution in [-0.2, 0) is 6.61 Å². The normalized spacial score (nSPS) is 11.0. The Balaban J connectivity index is 1.23. The van der Waals surface area contributed by atoms with Crippen molar-refractivity contribution in [2.45, 2.75) is 6.61 Å². The minimum atomic E-state index is 0.519. The maximum absolute atomic E-state index is 6.09. The van der Waals surface area contributed by atoms with E-state index < -0.39 is 0 Å². The van der Waals surface area contributed by atoms with E-state index in [-0.39, 0.29) is 0 Å². The molecule has 0 aromatic heterocycles. The number of benzene rings is 5. The van der Waals surface area contributed by atoms with Crippen LogP contribution in [0.1, 0.15) is 11.1 Å². The lowest BCUT2D eigenvalue weighted by Crippen LogP contribution is -1.97. The molecule has 5 rings (SSSR count). The average Bonchev–Trinajstić information content (AvgIpc) is 2.88. The quantitative estimate of drug-likeness (QED) is 0.246. The lowest BCUT2D eigenvalue weighted by atomic mass is 10.1. The van der Waals surface area contributed by atoms with Gasteiger partial charge in [-0.2, -0.15) is 0 Å². The Hall–Kier alpha value is -4.37. The van der Waals surface area contributed by atoms with Crippen LogP contribution in [0.4, 0.5) is 5.69 Å². The molecular formula is C30H23NO2. The first-order chi connectivity index (χ1) is 16.3. The predicted molar refractivity (Wildman–Crippen MR) is 135 cm³/mol. The molecule has 160 valence electrons. The Bertz CT molecular complexity index is 1370. The Morgan fingerprint density at radius 1 is 0.606 bits per heavy atom. The molecule has 0 amide bonds. The summed E-state index contributed by atoms with van der Waals surface area (Å²) in [6.45, 7) is 0.519. The molecule has 0 N–H and O–H groups in total. The summed E-state index contributed by atoms with van der Waals surface area (Å²) in [5, 5.41) is 2.44. The molecule has 3 nitrogen and oxygen atoms in total. The van der Waals surface area contributed by atoms with Gasteiger partial charge in [0.1, 0.15) is 23.9 Å². The number of fused-ring (bicyclic) bond motifs is 1. The molecule has 0 heterocycles. The first kappa shape index (κ1) is 20.5. The van der Waals surface area contributed by atoms with Gasteiger partial charge in [-0.15, -0.1) is 0 Å². The van der Waals surface area contributed by atoms with E-state index in [0.29, 0.717) is 6.61 Å². The van der Waals surface area contributed by atoms with Crippen molar-refractivity contribution in [3.63, 3.8) is 0 Å². The number of rotatable bonds is 7. The van der Waals surface area contributed by atoms with E-state index in [0.717, 1.165) is 28.5 Å². The van der Waals surface area contributed by atoms with Crippen LogP contribution < -0.4 is 9.47 Å². The van der Waals surface area contributed by atoms with Crippen LogP contribution in [0.25, 0.3) is 10.8 Å². The van der Waals surface area contributed by atoms with Crippen molar-refractivity contribution in [1.82, 2.24) is 0 Å². The molecule has 0 radical (unpaired) electrons. The Labute approximate surface area is 193 Å². The number of ether oxygens (including phenoxy) is 2. The summed E-state index contributed by atoms with van der Waals surface area (Å²) in [6, 6.07) is 40.1. The second-order valence-electron chi connectivity index (χ2n) is 7.67. The molecule has 0 atom stereocenters. The van der Waals surface area contributed by atoms with E-state index in [4.69, 9.17) is 9.47 Å². The van der Waals surface area contributed by atoms with Crippen molar-refractivity contribution < 1.29 is 9.47 Å². The van der Waals surface area contributed by atoms with E-state index in [1.165, 1.54) is 16.3 Å². The number of aliphatic imine (C=N–C) groups is 1. The van der Waals surface area contributed by atoms with Gasteiger partial charge in [0.25, 0.3) is 0 Å². The molecule has 0 aliphatic heterocycles. The van der Waals surface area contributed by atoms with Gasteiger partial charge in [0.15, 0.2) is 0 Å². The Morgan fingerprint density at radius 3 is 2.18 bits per heavy atom. The van der Waals surface area contributed by atoms with E-state index in [2.05, 4.69) is 47.5 Å². The Morgan fingerprint density at radius 2 is 1.30 bits per heavy atom. The van der Waals surface area contributed by atoms with Gasteiger partial charge in [0.05, 0.1) is 5.69 Å². The average molecular weight is 430 g/mol. The van der Waals surface area contributed by atoms with Gasteiger partial charge in [0, 0.05) is 6.21 Å². The number of nitrogens with zero attached hydrogens (tertiary/aromatic N) is 1. The third kappa shape index (κ3) is 5.28. The fourth-order valence-corrected chi connectivity index (χ4v) is 3.64. The Kier molecular flexibility index (Phi) is 6.12. The topological polar surface area (TPSA) is 30.8 Å². The summed E-state index contributed by atoms with van der Waals surface area (Å²) in [5.74, 6) is 2.41. The summed E-state index contributed by atoms with van der Waals surface area (Å²) in [7, 11) is 0. The fraction of sp³-hybridized carbons (Fsp3) is 0.0333. The minimum Gasteiger partial charge on any atom is -0.489 e. The molecule has 0 unspecified atom stereocenters. The van der Waals surface area contributed by atoms with Gasteiger partial charge < -0.3 is 9.47 Å². The van der Waals surface area contributed by atoms with E-state index >= 15 is 0 Å². The fourth-order valence-electron chi connectivity index (χ4n) is 3.64. The van der Waals surface area contributed by atoms with E-state index in [1.807, 2.05) is 85.1 Å². The molecule has 33 heavy (non-hydrogen) atoms. The van der Waals surface area contributed by atoms with Gasteiger partial charge >= 0.3 is 0 Å². The molecule has 0 saturated heterocycles. The first-order valence-electron chi connectivity index (χ1n) is 10.9. The molecule has 0 spiro atoms. The van der Waals surface area contributed by atoms with Crippen molar-refractivity contribution in [2.24, 2.45) is 4.99 Å². The highest BCUT2D eigenvalue weighted by molar-refractivity contribution is 5.85. The maximum Gasteiger partial charge on any atom is 0.127 e. The van der Waals surface area contributed by atoms with E-state index in [9.17, 15) is 0 Å². The molecule has 0 saturated carbocycles. The summed E-state index contributed by atoms with van der Waals surface area (Å²) in [4.78, 5) is 4.59. The number of hydrogen-bond acceptors (Lipinski definition) is 3. The van der Waals surface area contributed by atoms with Crippen LogP contribution in [-0.4, -0.2) is 6.21 Å². The van der Waals surface area contributed by atoms with Crippen LogP contribution >= 0.6 is 0 Å². The van der Waals surface area contributed by atoms with Crippen molar-refractivity contribution in [3.8, 4) is 17.2 Å². The lowest BCUT2D eigenvalue weighted by molar-refractivity contribution is 0.307. The van der Waals surface area contributed by atoms with Crippen molar-refractivity contribution >= 4 is 22.7 Å². The zero-order chi connectivity index (χ0) is 22.3. The third-order valence-corrected chi connectivity index (χ3v) is 5.31. The second-order valence-corrected chi connectivity index (χ2v) is 7.67. The zero-order valence-corrected chi connectivity index (χ0v) is 18.1. The minimum absolute atomic E-state index is 0.519. The van der Waals surface area contributed by atoms with Gasteiger partial charge in [0.2, 0.25) is 0 Å². The summed E-state index contributed by atoms with van der Waals surface area (Å²) in [5.41, 5.74) is 3.01. The second kappa shape index (κ2) is 9.84. The van der Waals surface area contributed by atoms with Crippen LogP contribution in [0.5, 0.6) is 17.2 Å². The molecule has 0 fully saturated rings. The van der Waals surface area contributed by atoms with Crippen molar-refractivity contribution in [1.29, 1.82) is 0 Å². The van der Waals surface area contributed by atoms with Gasteiger partial charge in [-0.25, -0.2) is 0 Å². The van der Waals surface area contributed by atoms with Crippen LogP contribution in [0.15, 0.2) is 126 Å². The van der Waals surface area contributed by atoms with Gasteiger partial charge in [-0.3, -0.25) is 4.99 Å². The van der Waals surface area contributed by atoms with Crippen LogP contribution in [0.2, 0.25) is 0 Å². The summed E-state index contributed by atoms with van der Waals surface area (Å²) < 4.78 is 11.9. The zero-order valence-electron chi connectivity index (χ0n) is 18.1. The van der Waals surface area contributed by atoms with Crippen LogP contribution in [0.3, 0.4) is 0 Å². The largest absolute Gasteiger partial charge is 0.489 e.